The minimum absolute atomic E-state index is 0.0338. The highest BCUT2D eigenvalue weighted by Crippen LogP contribution is 2.09. The van der Waals surface area contributed by atoms with Crippen LogP contribution in [0.2, 0.25) is 0 Å². The van der Waals surface area contributed by atoms with Crippen molar-refractivity contribution < 1.29 is 4.79 Å². The third-order valence-electron chi connectivity index (χ3n) is 2.42. The number of carbonyl (C=O) groups excluding carboxylic acids is 1. The lowest BCUT2D eigenvalue weighted by Crippen LogP contribution is -2.36. The molecule has 0 saturated carbocycles. The summed E-state index contributed by atoms with van der Waals surface area (Å²) in [5.41, 5.74) is -0.759. The van der Waals surface area contributed by atoms with E-state index in [-0.39, 0.29) is 11.3 Å². The smallest absolute Gasteiger partial charge is 0.313 e. The molecule has 1 aromatic carbocycles. The van der Waals surface area contributed by atoms with Crippen molar-refractivity contribution in [2.75, 3.05) is 0 Å². The van der Waals surface area contributed by atoms with E-state index in [0.29, 0.717) is 5.69 Å². The van der Waals surface area contributed by atoms with Crippen LogP contribution >= 0.6 is 22.6 Å². The average Bonchev–Trinajstić information content (AvgIpc) is 2.28. The summed E-state index contributed by atoms with van der Waals surface area (Å²) >= 11 is 2.08. The Balaban J connectivity index is 2.79. The summed E-state index contributed by atoms with van der Waals surface area (Å²) in [5, 5.41) is 0. The molecular formula is C12H9IN2O3. The number of hydrogen-bond donors (Lipinski definition) is 1. The van der Waals surface area contributed by atoms with Gasteiger partial charge in [-0.1, -0.05) is 6.07 Å². The first-order valence-electron chi connectivity index (χ1n) is 5.12. The van der Waals surface area contributed by atoms with Gasteiger partial charge in [-0.05, 0) is 47.7 Å². The monoisotopic (exact) mass is 356 g/mol. The Morgan fingerprint density at radius 3 is 2.67 bits per heavy atom. The van der Waals surface area contributed by atoms with Gasteiger partial charge in [0.15, 0.2) is 5.78 Å². The number of aromatic nitrogens is 2. The van der Waals surface area contributed by atoms with Gasteiger partial charge in [0.1, 0.15) is 0 Å². The van der Waals surface area contributed by atoms with E-state index in [0.717, 1.165) is 14.3 Å². The van der Waals surface area contributed by atoms with Crippen LogP contribution in [0.3, 0.4) is 0 Å². The highest BCUT2D eigenvalue weighted by Gasteiger charge is 2.12. The van der Waals surface area contributed by atoms with Gasteiger partial charge in [0.25, 0.3) is 5.56 Å². The van der Waals surface area contributed by atoms with Crippen molar-refractivity contribution in [3.8, 4) is 5.69 Å². The van der Waals surface area contributed by atoms with Crippen LogP contribution in [0.1, 0.15) is 17.3 Å². The Morgan fingerprint density at radius 1 is 1.33 bits per heavy atom. The third kappa shape index (κ3) is 2.28. The van der Waals surface area contributed by atoms with Crippen LogP contribution in [0.15, 0.2) is 40.1 Å². The predicted molar refractivity (Wildman–Crippen MR) is 75.4 cm³/mol. The zero-order chi connectivity index (χ0) is 13.3. The molecule has 6 heteroatoms. The number of Topliss-reactive ketones (excluding diaryl/α,β-unsaturated/α-hetero) is 1. The molecule has 0 aliphatic rings. The topological polar surface area (TPSA) is 71.9 Å². The van der Waals surface area contributed by atoms with E-state index in [1.807, 2.05) is 6.07 Å². The van der Waals surface area contributed by atoms with Crippen LogP contribution in [0.5, 0.6) is 0 Å². The first-order valence-corrected chi connectivity index (χ1v) is 6.20. The second-order valence-electron chi connectivity index (χ2n) is 3.68. The predicted octanol–water partition coefficient (Wildman–Crippen LogP) is 1.33. The quantitative estimate of drug-likeness (QED) is 0.652. The summed E-state index contributed by atoms with van der Waals surface area (Å²) in [6.07, 6.45) is 1.15. The minimum Gasteiger partial charge on any atom is -0.313 e. The van der Waals surface area contributed by atoms with Crippen LogP contribution < -0.4 is 11.2 Å². The second kappa shape index (κ2) is 4.89. The number of rotatable bonds is 2. The number of benzene rings is 1. The molecule has 0 amide bonds. The van der Waals surface area contributed by atoms with Crippen molar-refractivity contribution in [2.45, 2.75) is 6.92 Å². The standard InChI is InChI=1S/C12H9IN2O3/c1-7(16)10-6-14-12(18)15(11(10)17)9-4-2-3-8(13)5-9/h2-6H,1H3,(H,14,18). The highest BCUT2D eigenvalue weighted by atomic mass is 127. The molecule has 0 spiro atoms. The van der Waals surface area contributed by atoms with E-state index in [4.69, 9.17) is 0 Å². The number of nitrogens with zero attached hydrogens (tertiary/aromatic N) is 1. The van der Waals surface area contributed by atoms with E-state index in [1.165, 1.54) is 6.92 Å². The number of ketones is 1. The van der Waals surface area contributed by atoms with Gasteiger partial charge in [-0.25, -0.2) is 9.36 Å². The van der Waals surface area contributed by atoms with E-state index in [9.17, 15) is 14.4 Å². The molecule has 1 aromatic heterocycles. The summed E-state index contributed by atoms with van der Waals surface area (Å²) in [6, 6.07) is 6.92. The van der Waals surface area contributed by atoms with Crippen molar-refractivity contribution >= 4 is 28.4 Å². The largest absolute Gasteiger partial charge is 0.333 e. The Hall–Kier alpha value is -1.70. The molecule has 0 radical (unpaired) electrons. The van der Waals surface area contributed by atoms with Gasteiger partial charge in [0, 0.05) is 9.77 Å². The highest BCUT2D eigenvalue weighted by molar-refractivity contribution is 14.1. The molecule has 0 aliphatic carbocycles. The maximum Gasteiger partial charge on any atom is 0.333 e. The molecule has 2 rings (SSSR count). The molecule has 0 bridgehead atoms. The minimum atomic E-state index is -0.603. The van der Waals surface area contributed by atoms with Crippen LogP contribution in [0, 0.1) is 3.57 Å². The Labute approximate surface area is 116 Å². The van der Waals surface area contributed by atoms with Crippen LogP contribution in [0.4, 0.5) is 0 Å². The fourth-order valence-corrected chi connectivity index (χ4v) is 2.10. The molecule has 5 nitrogen and oxygen atoms in total. The number of carbonyl (C=O) groups is 1. The Kier molecular flexibility index (Phi) is 3.46. The first-order chi connectivity index (χ1) is 8.50. The lowest BCUT2D eigenvalue weighted by atomic mass is 10.2. The van der Waals surface area contributed by atoms with E-state index in [1.54, 1.807) is 18.2 Å². The van der Waals surface area contributed by atoms with Crippen molar-refractivity contribution in [1.82, 2.24) is 9.55 Å². The van der Waals surface area contributed by atoms with Gasteiger partial charge >= 0.3 is 5.69 Å². The van der Waals surface area contributed by atoms with E-state index in [2.05, 4.69) is 27.6 Å². The maximum absolute atomic E-state index is 12.1. The molecule has 0 aliphatic heterocycles. The fraction of sp³-hybridized carbons (Fsp3) is 0.0833. The lowest BCUT2D eigenvalue weighted by molar-refractivity contribution is 0.101. The van der Waals surface area contributed by atoms with Crippen LogP contribution in [-0.2, 0) is 0 Å². The molecule has 92 valence electrons. The molecule has 0 fully saturated rings. The number of hydrogen-bond acceptors (Lipinski definition) is 3. The third-order valence-corrected chi connectivity index (χ3v) is 3.09. The lowest BCUT2D eigenvalue weighted by Gasteiger charge is -2.05. The van der Waals surface area contributed by atoms with Gasteiger partial charge in [-0.15, -0.1) is 0 Å². The zero-order valence-corrected chi connectivity index (χ0v) is 11.6. The van der Waals surface area contributed by atoms with Crippen molar-refractivity contribution in [1.29, 1.82) is 0 Å². The SMILES string of the molecule is CC(=O)c1c[nH]c(=O)n(-c2cccc(I)c2)c1=O. The summed E-state index contributed by atoms with van der Waals surface area (Å²) in [6.45, 7) is 1.29. The van der Waals surface area contributed by atoms with Gasteiger partial charge in [-0.2, -0.15) is 0 Å². The Morgan fingerprint density at radius 2 is 2.06 bits per heavy atom. The summed E-state index contributed by atoms with van der Waals surface area (Å²) in [7, 11) is 0. The van der Waals surface area contributed by atoms with Gasteiger partial charge < -0.3 is 4.98 Å². The number of nitrogens with one attached hydrogen (secondary N) is 1. The number of aromatic amines is 1. The molecule has 2 aromatic rings. The normalized spacial score (nSPS) is 10.3. The first kappa shape index (κ1) is 12.7. The van der Waals surface area contributed by atoms with Crippen LogP contribution in [-0.4, -0.2) is 15.3 Å². The fourth-order valence-electron chi connectivity index (χ4n) is 1.57. The molecule has 18 heavy (non-hydrogen) atoms. The molecule has 0 saturated heterocycles. The van der Waals surface area contributed by atoms with Crippen LogP contribution in [0.25, 0.3) is 5.69 Å². The average molecular weight is 356 g/mol. The van der Waals surface area contributed by atoms with E-state index < -0.39 is 11.2 Å². The van der Waals surface area contributed by atoms with Gasteiger partial charge in [-0.3, -0.25) is 9.59 Å². The summed E-state index contributed by atoms with van der Waals surface area (Å²) in [4.78, 5) is 37.5. The molecule has 1 N–H and O–H groups in total. The van der Waals surface area contributed by atoms with Gasteiger partial charge in [0.05, 0.1) is 11.3 Å². The molecule has 0 atom stereocenters. The van der Waals surface area contributed by atoms with Crippen molar-refractivity contribution in [3.63, 3.8) is 0 Å². The van der Waals surface area contributed by atoms with Crippen molar-refractivity contribution in [2.24, 2.45) is 0 Å². The van der Waals surface area contributed by atoms with Gasteiger partial charge in [0.2, 0.25) is 0 Å². The summed E-state index contributed by atoms with van der Waals surface area (Å²) in [5.74, 6) is -0.379. The summed E-state index contributed by atoms with van der Waals surface area (Å²) < 4.78 is 1.85. The second-order valence-corrected chi connectivity index (χ2v) is 4.93. The zero-order valence-electron chi connectivity index (χ0n) is 9.44. The maximum atomic E-state index is 12.1. The number of halogens is 1. The van der Waals surface area contributed by atoms with E-state index >= 15 is 0 Å². The molecule has 0 unspecified atom stereocenters. The van der Waals surface area contributed by atoms with Crippen molar-refractivity contribution in [3.05, 3.63) is 60.4 Å². The molecule has 1 heterocycles. The molecular weight excluding hydrogens is 347 g/mol. The Bertz CT molecular complexity index is 731. The number of H-pyrrole nitrogens is 1.